The zero-order valence-corrected chi connectivity index (χ0v) is 15.6. The molecule has 0 saturated heterocycles. The Morgan fingerprint density at radius 2 is 1.64 bits per heavy atom. The molecule has 0 bridgehead atoms. The van der Waals surface area contributed by atoms with Gasteiger partial charge in [0.25, 0.3) is 5.91 Å². The number of methoxy groups -OCH3 is 1. The Bertz CT molecular complexity index is 859. The molecule has 0 aliphatic heterocycles. The Labute approximate surface area is 164 Å². The molecule has 2 aromatic rings. The van der Waals surface area contributed by atoms with Crippen molar-refractivity contribution in [3.8, 4) is 0 Å². The number of hydrogen-bond donors (Lipinski definition) is 3. The van der Waals surface area contributed by atoms with Crippen LogP contribution in [0.5, 0.6) is 0 Å². The summed E-state index contributed by atoms with van der Waals surface area (Å²) in [7, 11) is 0.784. The number of alkyl halides is 3. The Morgan fingerprint density at radius 3 is 2.18 bits per heavy atom. The van der Waals surface area contributed by atoms with Crippen molar-refractivity contribution in [2.24, 2.45) is 0 Å². The van der Waals surface area contributed by atoms with Gasteiger partial charge in [-0.1, -0.05) is 29.8 Å². The Hall–Kier alpha value is -2.78. The van der Waals surface area contributed by atoms with Crippen LogP contribution in [0, 0.1) is 6.92 Å². The van der Waals surface area contributed by atoms with Gasteiger partial charge in [-0.05, 0) is 42.8 Å². The molecule has 0 fully saturated rings. The van der Waals surface area contributed by atoms with E-state index in [-0.39, 0.29) is 11.3 Å². The van der Waals surface area contributed by atoms with Crippen LogP contribution in [0.25, 0.3) is 0 Å². The highest BCUT2D eigenvalue weighted by molar-refractivity contribution is 6.30. The van der Waals surface area contributed by atoms with Crippen molar-refractivity contribution in [3.05, 3.63) is 64.7 Å². The number of carbonyl (C=O) groups excluding carboxylic acids is 2. The maximum Gasteiger partial charge on any atom is 0.438 e. The van der Waals surface area contributed by atoms with Gasteiger partial charge in [0.2, 0.25) is 0 Å². The quantitative estimate of drug-likeness (QED) is 0.383. The van der Waals surface area contributed by atoms with E-state index >= 15 is 0 Å². The normalized spacial score (nSPS) is 13.4. The molecule has 28 heavy (non-hydrogen) atoms. The van der Waals surface area contributed by atoms with Crippen LogP contribution in [0.3, 0.4) is 0 Å². The van der Waals surface area contributed by atoms with Gasteiger partial charge in [0, 0.05) is 10.6 Å². The zero-order chi connectivity index (χ0) is 20.9. The molecule has 2 rings (SSSR count). The fourth-order valence-corrected chi connectivity index (χ4v) is 2.39. The molecule has 0 aromatic heterocycles. The van der Waals surface area contributed by atoms with Crippen LogP contribution >= 0.6 is 11.6 Å². The average Bonchev–Trinajstić information content (AvgIpc) is 2.65. The van der Waals surface area contributed by atoms with Crippen LogP contribution in [0.4, 0.5) is 18.9 Å². The van der Waals surface area contributed by atoms with E-state index in [1.807, 2.05) is 5.43 Å². The fourth-order valence-electron chi connectivity index (χ4n) is 2.26. The largest absolute Gasteiger partial charge is 0.466 e. The lowest BCUT2D eigenvalue weighted by Gasteiger charge is -2.34. The molecular weight excluding hydrogens is 399 g/mol. The first-order valence-corrected chi connectivity index (χ1v) is 8.30. The van der Waals surface area contributed by atoms with E-state index in [0.29, 0.717) is 10.6 Å². The Balaban J connectivity index is 2.39. The lowest BCUT2D eigenvalue weighted by molar-refractivity contribution is -0.215. The van der Waals surface area contributed by atoms with Crippen LogP contribution in [0.1, 0.15) is 15.9 Å². The maximum atomic E-state index is 13.9. The van der Waals surface area contributed by atoms with Crippen molar-refractivity contribution in [2.45, 2.75) is 18.8 Å². The number of esters is 1. The summed E-state index contributed by atoms with van der Waals surface area (Å²) in [6.07, 6.45) is -5.24. The van der Waals surface area contributed by atoms with E-state index in [4.69, 9.17) is 11.6 Å². The number of para-hydroxylation sites is 1. The maximum absolute atomic E-state index is 13.9. The van der Waals surface area contributed by atoms with E-state index in [1.165, 1.54) is 30.3 Å². The second-order valence-electron chi connectivity index (χ2n) is 5.77. The number of aryl methyl sites for hydroxylation is 1. The van der Waals surface area contributed by atoms with Crippen molar-refractivity contribution >= 4 is 29.2 Å². The molecule has 150 valence electrons. The lowest BCUT2D eigenvalue weighted by Crippen LogP contribution is -2.73. The van der Waals surface area contributed by atoms with Crippen LogP contribution in [0.15, 0.2) is 48.5 Å². The van der Waals surface area contributed by atoms with Gasteiger partial charge >= 0.3 is 17.8 Å². The molecule has 10 heteroatoms. The molecule has 3 N–H and O–H groups in total. The SMILES string of the molecule is COC(=O)C(NNc1ccccc1C)(NC(=O)c1ccc(Cl)cc1)C(F)(F)F. The molecule has 0 spiro atoms. The van der Waals surface area contributed by atoms with Crippen molar-refractivity contribution in [1.29, 1.82) is 0 Å². The highest BCUT2D eigenvalue weighted by Gasteiger charge is 2.63. The van der Waals surface area contributed by atoms with E-state index in [0.717, 1.165) is 7.11 Å². The zero-order valence-electron chi connectivity index (χ0n) is 14.9. The third-order valence-electron chi connectivity index (χ3n) is 3.85. The molecule has 0 aliphatic rings. The number of hydrogen-bond acceptors (Lipinski definition) is 5. The fraction of sp³-hybridized carbons (Fsp3) is 0.222. The van der Waals surface area contributed by atoms with Crippen molar-refractivity contribution in [3.63, 3.8) is 0 Å². The number of anilines is 1. The molecule has 0 heterocycles. The van der Waals surface area contributed by atoms with Crippen LogP contribution in [0.2, 0.25) is 5.02 Å². The topological polar surface area (TPSA) is 79.5 Å². The molecule has 2 aromatic carbocycles. The van der Waals surface area contributed by atoms with Gasteiger partial charge in [-0.15, -0.1) is 0 Å². The highest BCUT2D eigenvalue weighted by Crippen LogP contribution is 2.30. The van der Waals surface area contributed by atoms with Gasteiger partial charge in [-0.2, -0.15) is 18.6 Å². The van der Waals surface area contributed by atoms with Gasteiger partial charge in [0.15, 0.2) is 0 Å². The molecule has 0 radical (unpaired) electrons. The van der Waals surface area contributed by atoms with Crippen molar-refractivity contribution < 1.29 is 27.5 Å². The van der Waals surface area contributed by atoms with Gasteiger partial charge in [-0.25, -0.2) is 4.79 Å². The van der Waals surface area contributed by atoms with E-state index < -0.39 is 23.7 Å². The minimum absolute atomic E-state index is 0.125. The lowest BCUT2D eigenvalue weighted by atomic mass is 10.1. The first-order valence-electron chi connectivity index (χ1n) is 7.93. The van der Waals surface area contributed by atoms with E-state index in [9.17, 15) is 22.8 Å². The van der Waals surface area contributed by atoms with Crippen molar-refractivity contribution in [1.82, 2.24) is 10.7 Å². The highest BCUT2D eigenvalue weighted by atomic mass is 35.5. The number of carbonyl (C=O) groups is 2. The molecule has 0 aliphatic carbocycles. The summed E-state index contributed by atoms with van der Waals surface area (Å²) in [6.45, 7) is 1.66. The van der Waals surface area contributed by atoms with Crippen LogP contribution < -0.4 is 16.2 Å². The third-order valence-corrected chi connectivity index (χ3v) is 4.11. The number of halogens is 4. The predicted molar refractivity (Wildman–Crippen MR) is 97.7 cm³/mol. The Kier molecular flexibility index (Phi) is 6.52. The Morgan fingerprint density at radius 1 is 1.04 bits per heavy atom. The second kappa shape index (κ2) is 8.49. The van der Waals surface area contributed by atoms with Crippen molar-refractivity contribution in [2.75, 3.05) is 12.5 Å². The molecule has 1 atom stereocenters. The smallest absolute Gasteiger partial charge is 0.438 e. The van der Waals surface area contributed by atoms with Crippen LogP contribution in [-0.4, -0.2) is 30.8 Å². The minimum atomic E-state index is -5.24. The number of ether oxygens (including phenoxy) is 1. The summed E-state index contributed by atoms with van der Waals surface area (Å²) in [6, 6.07) is 11.6. The predicted octanol–water partition coefficient (Wildman–Crippen LogP) is 3.43. The van der Waals surface area contributed by atoms with E-state index in [2.05, 4.69) is 10.2 Å². The third kappa shape index (κ3) is 4.55. The molecule has 0 saturated carbocycles. The van der Waals surface area contributed by atoms with Crippen LogP contribution in [-0.2, 0) is 9.53 Å². The number of rotatable bonds is 6. The average molecular weight is 416 g/mol. The molecular formula is C18H17ClF3N3O3. The van der Waals surface area contributed by atoms with Gasteiger partial charge in [-0.3, -0.25) is 4.79 Å². The molecule has 6 nitrogen and oxygen atoms in total. The first kappa shape index (κ1) is 21.5. The number of amides is 1. The van der Waals surface area contributed by atoms with Gasteiger partial charge < -0.3 is 15.5 Å². The minimum Gasteiger partial charge on any atom is -0.466 e. The monoisotopic (exact) mass is 415 g/mol. The second-order valence-corrected chi connectivity index (χ2v) is 6.20. The number of hydrazine groups is 1. The molecule has 1 unspecified atom stereocenters. The summed E-state index contributed by atoms with van der Waals surface area (Å²) < 4.78 is 46.1. The standard InChI is InChI=1S/C18H17ClF3N3O3/c1-11-5-3-4-6-14(11)24-25-17(16(27)28-2,18(20,21)22)23-15(26)12-7-9-13(19)10-8-12/h3-10,24-25H,1-2H3,(H,23,26). The summed E-state index contributed by atoms with van der Waals surface area (Å²) in [4.78, 5) is 24.5. The molecule has 1 amide bonds. The van der Waals surface area contributed by atoms with E-state index in [1.54, 1.807) is 30.4 Å². The summed E-state index contributed by atoms with van der Waals surface area (Å²) in [5, 5.41) is 1.99. The summed E-state index contributed by atoms with van der Waals surface area (Å²) in [5.74, 6) is -2.90. The van der Waals surface area contributed by atoms with Gasteiger partial charge in [0.1, 0.15) is 0 Å². The number of nitrogens with one attached hydrogen (secondary N) is 3. The summed E-state index contributed by atoms with van der Waals surface area (Å²) >= 11 is 5.72. The number of benzene rings is 2. The first-order chi connectivity index (χ1) is 13.1. The van der Waals surface area contributed by atoms with Gasteiger partial charge in [0.05, 0.1) is 12.8 Å². The summed E-state index contributed by atoms with van der Waals surface area (Å²) in [5.41, 5.74) is 1.44.